The van der Waals surface area contributed by atoms with Crippen LogP contribution in [0.15, 0.2) is 24.3 Å². The van der Waals surface area contributed by atoms with E-state index in [0.717, 1.165) is 32.4 Å². The Morgan fingerprint density at radius 2 is 1.92 bits per heavy atom. The van der Waals surface area contributed by atoms with Crippen LogP contribution in [0.5, 0.6) is 0 Å². The van der Waals surface area contributed by atoms with Crippen LogP contribution in [0.2, 0.25) is 0 Å². The van der Waals surface area contributed by atoms with Gasteiger partial charge in [0.1, 0.15) is 5.82 Å². The number of nitrogens with one attached hydrogen (secondary N) is 2. The number of carbonyl (C=O) groups is 1. The van der Waals surface area contributed by atoms with Crippen LogP contribution >= 0.6 is 0 Å². The van der Waals surface area contributed by atoms with Gasteiger partial charge in [0.25, 0.3) is 0 Å². The van der Waals surface area contributed by atoms with Crippen molar-refractivity contribution in [2.45, 2.75) is 50.7 Å². The van der Waals surface area contributed by atoms with Gasteiger partial charge in [-0.15, -0.1) is 0 Å². The first-order chi connectivity index (χ1) is 12.1. The molecule has 2 atom stereocenters. The number of carbonyl (C=O) groups excluding carboxylic acids is 1. The van der Waals surface area contributed by atoms with E-state index in [9.17, 15) is 14.3 Å². The number of likely N-dealkylation sites (tertiary alicyclic amines) is 1. The lowest BCUT2D eigenvalue weighted by molar-refractivity contribution is 0.0540. The molecular formula is C19H28FN3O2. The molecule has 0 bridgehead atoms. The Bertz CT molecular complexity index is 560. The summed E-state index contributed by atoms with van der Waals surface area (Å²) in [4.78, 5) is 14.3. The van der Waals surface area contributed by atoms with Crippen LogP contribution in [0.3, 0.4) is 0 Å². The third-order valence-electron chi connectivity index (χ3n) is 5.35. The molecule has 138 valence electrons. The molecule has 3 N–H and O–H groups in total. The number of urea groups is 1. The zero-order valence-corrected chi connectivity index (χ0v) is 14.6. The maximum atomic E-state index is 12.9. The second kappa shape index (κ2) is 8.63. The highest BCUT2D eigenvalue weighted by Crippen LogP contribution is 2.27. The molecule has 0 spiro atoms. The fourth-order valence-corrected chi connectivity index (χ4v) is 3.93. The molecule has 1 aliphatic heterocycles. The normalized spacial score (nSPS) is 23.4. The van der Waals surface area contributed by atoms with E-state index in [0.29, 0.717) is 18.2 Å². The van der Waals surface area contributed by atoms with E-state index < -0.39 is 0 Å². The number of aliphatic hydroxyl groups is 1. The Morgan fingerprint density at radius 3 is 2.64 bits per heavy atom. The van der Waals surface area contributed by atoms with E-state index in [4.69, 9.17) is 0 Å². The van der Waals surface area contributed by atoms with E-state index in [1.807, 2.05) is 0 Å². The summed E-state index contributed by atoms with van der Waals surface area (Å²) in [6, 6.07) is 5.52. The number of hydrogen-bond acceptors (Lipinski definition) is 3. The van der Waals surface area contributed by atoms with Crippen molar-refractivity contribution >= 4 is 11.7 Å². The number of nitrogens with zero attached hydrogens (tertiary/aromatic N) is 1. The maximum Gasteiger partial charge on any atom is 0.319 e. The lowest BCUT2D eigenvalue weighted by atomic mass is 9.85. The predicted octanol–water partition coefficient (Wildman–Crippen LogP) is 2.96. The van der Waals surface area contributed by atoms with Gasteiger partial charge < -0.3 is 15.7 Å². The maximum absolute atomic E-state index is 12.9. The molecule has 6 heteroatoms. The number of rotatable bonds is 5. The molecule has 25 heavy (non-hydrogen) atoms. The molecule has 2 fully saturated rings. The molecule has 1 saturated carbocycles. The Balaban J connectivity index is 1.40. The quantitative estimate of drug-likeness (QED) is 0.766. The molecule has 0 aromatic heterocycles. The lowest BCUT2D eigenvalue weighted by Gasteiger charge is -2.29. The Kier molecular flexibility index (Phi) is 6.26. The van der Waals surface area contributed by atoms with Crippen LogP contribution in [0, 0.1) is 11.7 Å². The zero-order chi connectivity index (χ0) is 17.6. The van der Waals surface area contributed by atoms with Crippen molar-refractivity contribution < 1.29 is 14.3 Å². The Morgan fingerprint density at radius 1 is 1.20 bits per heavy atom. The minimum absolute atomic E-state index is 0.0824. The van der Waals surface area contributed by atoms with Gasteiger partial charge in [-0.3, -0.25) is 4.90 Å². The molecule has 1 aromatic rings. The van der Waals surface area contributed by atoms with E-state index >= 15 is 0 Å². The number of halogens is 1. The minimum Gasteiger partial charge on any atom is -0.392 e. The number of anilines is 1. The molecule has 1 heterocycles. The zero-order valence-electron chi connectivity index (χ0n) is 14.6. The van der Waals surface area contributed by atoms with Gasteiger partial charge in [-0.1, -0.05) is 19.3 Å². The van der Waals surface area contributed by atoms with Crippen LogP contribution in [-0.4, -0.2) is 47.8 Å². The third-order valence-corrected chi connectivity index (χ3v) is 5.35. The summed E-state index contributed by atoms with van der Waals surface area (Å²) in [6.45, 7) is 2.36. The van der Waals surface area contributed by atoms with Crippen LogP contribution < -0.4 is 10.6 Å². The third kappa shape index (κ3) is 5.41. The molecule has 1 aromatic carbocycles. The van der Waals surface area contributed by atoms with Crippen LogP contribution in [0.1, 0.15) is 38.5 Å². The smallest absolute Gasteiger partial charge is 0.319 e. The number of benzene rings is 1. The first-order valence-electron chi connectivity index (χ1n) is 9.33. The summed E-state index contributed by atoms with van der Waals surface area (Å²) in [5.74, 6) is 0.108. The standard InChI is InChI=1S/C19H28FN3O2/c20-15-6-8-16(9-7-15)21-19(25)22-17-10-11-23(12-17)13-18(24)14-4-2-1-3-5-14/h6-9,14,17-18,24H,1-5,10-13H2,(H2,21,22,25). The summed E-state index contributed by atoms with van der Waals surface area (Å²) in [5.41, 5.74) is 0.571. The van der Waals surface area contributed by atoms with Crippen molar-refractivity contribution in [2.75, 3.05) is 25.0 Å². The van der Waals surface area contributed by atoms with Gasteiger partial charge in [0, 0.05) is 31.4 Å². The first kappa shape index (κ1) is 18.1. The highest BCUT2D eigenvalue weighted by atomic mass is 19.1. The fourth-order valence-electron chi connectivity index (χ4n) is 3.93. The lowest BCUT2D eigenvalue weighted by Crippen LogP contribution is -2.41. The molecule has 1 aliphatic carbocycles. The van der Waals surface area contributed by atoms with Crippen molar-refractivity contribution in [2.24, 2.45) is 5.92 Å². The fraction of sp³-hybridized carbons (Fsp3) is 0.632. The SMILES string of the molecule is O=C(Nc1ccc(F)cc1)NC1CCN(CC(O)C2CCCCC2)C1. The van der Waals surface area contributed by atoms with Gasteiger partial charge in [0.2, 0.25) is 0 Å². The molecule has 0 radical (unpaired) electrons. The average Bonchev–Trinajstić information content (AvgIpc) is 3.04. The van der Waals surface area contributed by atoms with E-state index in [2.05, 4.69) is 15.5 Å². The molecule has 2 amide bonds. The molecule has 1 saturated heterocycles. The highest BCUT2D eigenvalue weighted by Gasteiger charge is 2.28. The molecule has 2 aliphatic rings. The molecule has 5 nitrogen and oxygen atoms in total. The van der Waals surface area contributed by atoms with Crippen LogP contribution in [-0.2, 0) is 0 Å². The predicted molar refractivity (Wildman–Crippen MR) is 96.0 cm³/mol. The minimum atomic E-state index is -0.325. The second-order valence-electron chi connectivity index (χ2n) is 7.32. The van der Waals surface area contributed by atoms with Crippen molar-refractivity contribution in [3.05, 3.63) is 30.1 Å². The average molecular weight is 349 g/mol. The van der Waals surface area contributed by atoms with Crippen molar-refractivity contribution in [3.8, 4) is 0 Å². The Labute approximate surface area is 148 Å². The van der Waals surface area contributed by atoms with Crippen LogP contribution in [0.4, 0.5) is 14.9 Å². The van der Waals surface area contributed by atoms with Gasteiger partial charge in [-0.25, -0.2) is 9.18 Å². The van der Waals surface area contributed by atoms with Gasteiger partial charge in [-0.2, -0.15) is 0 Å². The Hall–Kier alpha value is -1.66. The van der Waals surface area contributed by atoms with Gasteiger partial charge in [0.15, 0.2) is 0 Å². The van der Waals surface area contributed by atoms with Crippen molar-refractivity contribution in [3.63, 3.8) is 0 Å². The first-order valence-corrected chi connectivity index (χ1v) is 9.33. The molecule has 3 rings (SSSR count). The van der Waals surface area contributed by atoms with Crippen LogP contribution in [0.25, 0.3) is 0 Å². The van der Waals surface area contributed by atoms with Gasteiger partial charge in [-0.05, 0) is 49.4 Å². The largest absolute Gasteiger partial charge is 0.392 e. The number of hydrogen-bond donors (Lipinski definition) is 3. The summed E-state index contributed by atoms with van der Waals surface area (Å²) >= 11 is 0. The number of amides is 2. The summed E-state index contributed by atoms with van der Waals surface area (Å²) in [7, 11) is 0. The topological polar surface area (TPSA) is 64.6 Å². The number of β-amino-alcohol motifs (C(OH)–C–C–N with tert-alkyl or cyclic N) is 1. The number of aliphatic hydroxyl groups excluding tert-OH is 1. The summed E-state index contributed by atoms with van der Waals surface area (Å²) in [5, 5.41) is 16.1. The highest BCUT2D eigenvalue weighted by molar-refractivity contribution is 5.89. The summed E-state index contributed by atoms with van der Waals surface area (Å²) < 4.78 is 12.9. The van der Waals surface area contributed by atoms with Crippen molar-refractivity contribution in [1.82, 2.24) is 10.2 Å². The second-order valence-corrected chi connectivity index (χ2v) is 7.32. The van der Waals surface area contributed by atoms with Crippen molar-refractivity contribution in [1.29, 1.82) is 0 Å². The van der Waals surface area contributed by atoms with Gasteiger partial charge in [0.05, 0.1) is 6.10 Å². The molecule has 2 unspecified atom stereocenters. The van der Waals surface area contributed by atoms with E-state index in [-0.39, 0.29) is 24.0 Å². The summed E-state index contributed by atoms with van der Waals surface area (Å²) in [6.07, 6.45) is 6.65. The van der Waals surface area contributed by atoms with E-state index in [1.165, 1.54) is 43.5 Å². The van der Waals surface area contributed by atoms with E-state index in [1.54, 1.807) is 0 Å². The monoisotopic (exact) mass is 349 g/mol. The van der Waals surface area contributed by atoms with Gasteiger partial charge >= 0.3 is 6.03 Å². The molecular weight excluding hydrogens is 321 g/mol.